The first-order valence-corrected chi connectivity index (χ1v) is 4.61. The largest absolute Gasteiger partial charge is 0.396 e. The minimum atomic E-state index is 0.297. The predicted molar refractivity (Wildman–Crippen MR) is 46.5 cm³/mol. The Labute approximate surface area is 69.0 Å². The molecule has 66 valence electrons. The van der Waals surface area contributed by atoms with Crippen molar-refractivity contribution in [1.29, 1.82) is 0 Å². The van der Waals surface area contributed by atoms with Gasteiger partial charge in [-0.2, -0.15) is 0 Å². The van der Waals surface area contributed by atoms with Gasteiger partial charge in [-0.1, -0.05) is 0 Å². The SMILES string of the molecule is CC(CCO)NC(C)C1CC1. The van der Waals surface area contributed by atoms with Crippen LogP contribution in [0.4, 0.5) is 0 Å². The molecule has 2 heteroatoms. The van der Waals surface area contributed by atoms with E-state index in [0.717, 1.165) is 12.3 Å². The van der Waals surface area contributed by atoms with Gasteiger partial charge in [-0.3, -0.25) is 0 Å². The van der Waals surface area contributed by atoms with Crippen LogP contribution in [0.5, 0.6) is 0 Å². The summed E-state index contributed by atoms with van der Waals surface area (Å²) in [6, 6.07) is 1.12. The highest BCUT2D eigenvalue weighted by atomic mass is 16.3. The van der Waals surface area contributed by atoms with Crippen LogP contribution in [0.15, 0.2) is 0 Å². The summed E-state index contributed by atoms with van der Waals surface area (Å²) in [7, 11) is 0. The first kappa shape index (κ1) is 9.01. The molecular formula is C9H19NO. The van der Waals surface area contributed by atoms with Gasteiger partial charge in [0.25, 0.3) is 0 Å². The zero-order chi connectivity index (χ0) is 8.27. The summed E-state index contributed by atoms with van der Waals surface area (Å²) < 4.78 is 0. The molecule has 0 radical (unpaired) electrons. The molecule has 1 aliphatic rings. The number of rotatable bonds is 5. The molecule has 0 heterocycles. The van der Waals surface area contributed by atoms with Crippen LogP contribution < -0.4 is 5.32 Å². The average molecular weight is 157 g/mol. The number of aliphatic hydroxyl groups excluding tert-OH is 1. The molecule has 1 fully saturated rings. The Kier molecular flexibility index (Phi) is 3.34. The predicted octanol–water partition coefficient (Wildman–Crippen LogP) is 1.15. The average Bonchev–Trinajstić information content (AvgIpc) is 2.67. The van der Waals surface area contributed by atoms with E-state index in [9.17, 15) is 0 Å². The van der Waals surface area contributed by atoms with Crippen molar-refractivity contribution in [3.8, 4) is 0 Å². The van der Waals surface area contributed by atoms with E-state index in [1.165, 1.54) is 12.8 Å². The van der Waals surface area contributed by atoms with E-state index in [2.05, 4.69) is 19.2 Å². The summed E-state index contributed by atoms with van der Waals surface area (Å²) in [5.74, 6) is 0.913. The zero-order valence-corrected chi connectivity index (χ0v) is 7.51. The highest BCUT2D eigenvalue weighted by molar-refractivity contribution is 4.84. The number of aliphatic hydroxyl groups is 1. The molecule has 1 saturated carbocycles. The van der Waals surface area contributed by atoms with Crippen molar-refractivity contribution in [3.63, 3.8) is 0 Å². The second kappa shape index (κ2) is 4.07. The van der Waals surface area contributed by atoms with Crippen molar-refractivity contribution in [2.75, 3.05) is 6.61 Å². The van der Waals surface area contributed by atoms with Crippen LogP contribution in [0.1, 0.15) is 33.1 Å². The van der Waals surface area contributed by atoms with Crippen LogP contribution in [-0.2, 0) is 0 Å². The van der Waals surface area contributed by atoms with Gasteiger partial charge in [0.2, 0.25) is 0 Å². The molecule has 0 bridgehead atoms. The van der Waals surface area contributed by atoms with E-state index in [0.29, 0.717) is 18.7 Å². The molecule has 2 N–H and O–H groups in total. The van der Waals surface area contributed by atoms with Gasteiger partial charge < -0.3 is 10.4 Å². The number of hydrogen-bond acceptors (Lipinski definition) is 2. The smallest absolute Gasteiger partial charge is 0.0445 e. The van der Waals surface area contributed by atoms with Crippen LogP contribution in [0.3, 0.4) is 0 Å². The zero-order valence-electron chi connectivity index (χ0n) is 7.51. The van der Waals surface area contributed by atoms with Gasteiger partial charge >= 0.3 is 0 Å². The van der Waals surface area contributed by atoms with Crippen molar-refractivity contribution < 1.29 is 5.11 Å². The highest BCUT2D eigenvalue weighted by Gasteiger charge is 2.28. The summed E-state index contributed by atoms with van der Waals surface area (Å²) >= 11 is 0. The van der Waals surface area contributed by atoms with Crippen LogP contribution in [0, 0.1) is 5.92 Å². The van der Waals surface area contributed by atoms with Crippen LogP contribution >= 0.6 is 0 Å². The van der Waals surface area contributed by atoms with Crippen LogP contribution in [0.25, 0.3) is 0 Å². The molecule has 0 amide bonds. The first-order valence-electron chi connectivity index (χ1n) is 4.61. The Morgan fingerprint density at radius 1 is 1.45 bits per heavy atom. The second-order valence-electron chi connectivity index (χ2n) is 3.71. The lowest BCUT2D eigenvalue weighted by Crippen LogP contribution is -2.36. The fraction of sp³-hybridized carbons (Fsp3) is 1.00. The Bertz CT molecular complexity index is 112. The Morgan fingerprint density at radius 3 is 2.55 bits per heavy atom. The van der Waals surface area contributed by atoms with Gasteiger partial charge in [-0.25, -0.2) is 0 Å². The maximum atomic E-state index is 8.66. The normalized spacial score (nSPS) is 23.2. The molecule has 0 aromatic carbocycles. The van der Waals surface area contributed by atoms with Gasteiger partial charge in [0.1, 0.15) is 0 Å². The lowest BCUT2D eigenvalue weighted by Gasteiger charge is -2.18. The van der Waals surface area contributed by atoms with Gasteiger partial charge in [0.05, 0.1) is 0 Å². The fourth-order valence-electron chi connectivity index (χ4n) is 1.46. The summed E-state index contributed by atoms with van der Waals surface area (Å²) in [5, 5.41) is 12.1. The maximum absolute atomic E-state index is 8.66. The lowest BCUT2D eigenvalue weighted by atomic mass is 10.1. The van der Waals surface area contributed by atoms with E-state index >= 15 is 0 Å². The third-order valence-corrected chi connectivity index (χ3v) is 2.44. The van der Waals surface area contributed by atoms with Gasteiger partial charge in [-0.15, -0.1) is 0 Å². The molecule has 0 aliphatic heterocycles. The Balaban J connectivity index is 2.07. The maximum Gasteiger partial charge on any atom is 0.0445 e. The molecule has 2 unspecified atom stereocenters. The Morgan fingerprint density at radius 2 is 2.09 bits per heavy atom. The van der Waals surface area contributed by atoms with Gasteiger partial charge in [-0.05, 0) is 39.0 Å². The van der Waals surface area contributed by atoms with Crippen molar-refractivity contribution in [3.05, 3.63) is 0 Å². The summed E-state index contributed by atoms with van der Waals surface area (Å²) in [6.07, 6.45) is 3.65. The van der Waals surface area contributed by atoms with E-state index in [1.54, 1.807) is 0 Å². The topological polar surface area (TPSA) is 32.3 Å². The van der Waals surface area contributed by atoms with E-state index in [-0.39, 0.29) is 0 Å². The number of nitrogens with one attached hydrogen (secondary N) is 1. The van der Waals surface area contributed by atoms with E-state index in [4.69, 9.17) is 5.11 Å². The van der Waals surface area contributed by atoms with Crippen molar-refractivity contribution in [2.45, 2.75) is 45.2 Å². The first-order chi connectivity index (χ1) is 5.24. The third kappa shape index (κ3) is 3.21. The van der Waals surface area contributed by atoms with E-state index in [1.807, 2.05) is 0 Å². The lowest BCUT2D eigenvalue weighted by molar-refractivity contribution is 0.262. The molecule has 2 atom stereocenters. The number of hydrogen-bond donors (Lipinski definition) is 2. The molecule has 1 rings (SSSR count). The highest BCUT2D eigenvalue weighted by Crippen LogP contribution is 2.32. The fourth-order valence-corrected chi connectivity index (χ4v) is 1.46. The van der Waals surface area contributed by atoms with Crippen LogP contribution in [0.2, 0.25) is 0 Å². The molecule has 0 aromatic rings. The molecule has 0 saturated heterocycles. The molecule has 0 spiro atoms. The molecule has 1 aliphatic carbocycles. The van der Waals surface area contributed by atoms with Gasteiger partial charge in [0.15, 0.2) is 0 Å². The molecular weight excluding hydrogens is 138 g/mol. The summed E-state index contributed by atoms with van der Waals surface area (Å²) in [5.41, 5.74) is 0. The van der Waals surface area contributed by atoms with Crippen LogP contribution in [-0.4, -0.2) is 23.8 Å². The quantitative estimate of drug-likeness (QED) is 0.627. The van der Waals surface area contributed by atoms with E-state index < -0.39 is 0 Å². The minimum absolute atomic E-state index is 0.297. The van der Waals surface area contributed by atoms with Gasteiger partial charge in [0, 0.05) is 18.7 Å². The molecule has 2 nitrogen and oxygen atoms in total. The monoisotopic (exact) mass is 157 g/mol. The Hall–Kier alpha value is -0.0800. The van der Waals surface area contributed by atoms with Crippen molar-refractivity contribution in [2.24, 2.45) is 5.92 Å². The van der Waals surface area contributed by atoms with Crippen molar-refractivity contribution in [1.82, 2.24) is 5.32 Å². The second-order valence-corrected chi connectivity index (χ2v) is 3.71. The molecule has 11 heavy (non-hydrogen) atoms. The van der Waals surface area contributed by atoms with Crippen molar-refractivity contribution >= 4 is 0 Å². The minimum Gasteiger partial charge on any atom is -0.396 e. The standard InChI is InChI=1S/C9H19NO/c1-7(5-6-11)10-8(2)9-3-4-9/h7-11H,3-6H2,1-2H3. The third-order valence-electron chi connectivity index (χ3n) is 2.44. The summed E-state index contributed by atoms with van der Waals surface area (Å²) in [6.45, 7) is 4.67. The molecule has 0 aromatic heterocycles. The summed E-state index contributed by atoms with van der Waals surface area (Å²) in [4.78, 5) is 0.